The van der Waals surface area contributed by atoms with E-state index in [0.29, 0.717) is 12.1 Å². The van der Waals surface area contributed by atoms with Crippen LogP contribution < -0.4 is 5.32 Å². The quantitative estimate of drug-likeness (QED) is 0.637. The number of nitrogens with one attached hydrogen (secondary N) is 1. The summed E-state index contributed by atoms with van der Waals surface area (Å²) in [6.45, 7) is 12.9. The summed E-state index contributed by atoms with van der Waals surface area (Å²) in [6, 6.07) is 0.521. The van der Waals surface area contributed by atoms with E-state index in [1.54, 1.807) is 0 Å². The largest absolute Gasteiger partial charge is 0.377 e. The second-order valence-electron chi connectivity index (χ2n) is 4.69. The van der Waals surface area contributed by atoms with Crippen LogP contribution in [0.25, 0.3) is 0 Å². The Bertz CT molecular complexity index is 136. The zero-order valence-electron chi connectivity index (χ0n) is 11.2. The van der Waals surface area contributed by atoms with Crippen molar-refractivity contribution in [2.24, 2.45) is 5.92 Å². The molecule has 0 aliphatic carbocycles. The normalized spacial score (nSPS) is 15.6. The molecule has 0 spiro atoms. The van der Waals surface area contributed by atoms with Crippen molar-refractivity contribution in [3.05, 3.63) is 0 Å². The smallest absolute Gasteiger partial charge is 0.0699 e. The minimum absolute atomic E-state index is 0.334. The van der Waals surface area contributed by atoms with Gasteiger partial charge in [-0.25, -0.2) is 0 Å². The minimum Gasteiger partial charge on any atom is -0.377 e. The van der Waals surface area contributed by atoms with Crippen molar-refractivity contribution in [3.8, 4) is 0 Å². The zero-order valence-corrected chi connectivity index (χ0v) is 11.2. The predicted molar refractivity (Wildman–Crippen MR) is 67.2 cm³/mol. The summed E-state index contributed by atoms with van der Waals surface area (Å²) in [5.74, 6) is 0.782. The topological polar surface area (TPSA) is 21.3 Å². The summed E-state index contributed by atoms with van der Waals surface area (Å²) in [5, 5.41) is 3.58. The number of hydrogen-bond acceptors (Lipinski definition) is 2. The van der Waals surface area contributed by atoms with E-state index in [0.717, 1.165) is 19.1 Å². The first-order valence-electron chi connectivity index (χ1n) is 6.46. The van der Waals surface area contributed by atoms with E-state index >= 15 is 0 Å². The number of hydrogen-bond donors (Lipinski definition) is 1. The molecule has 0 saturated heterocycles. The van der Waals surface area contributed by atoms with Crippen molar-refractivity contribution in [2.75, 3.05) is 13.2 Å². The molecule has 0 aromatic carbocycles. The van der Waals surface area contributed by atoms with Gasteiger partial charge in [0.1, 0.15) is 0 Å². The Hall–Kier alpha value is -0.0800. The van der Waals surface area contributed by atoms with Gasteiger partial charge in [-0.05, 0) is 45.6 Å². The van der Waals surface area contributed by atoms with E-state index in [4.69, 9.17) is 4.74 Å². The first kappa shape index (κ1) is 14.9. The summed E-state index contributed by atoms with van der Waals surface area (Å²) in [6.07, 6.45) is 4.02. The Morgan fingerprint density at radius 3 is 2.20 bits per heavy atom. The van der Waals surface area contributed by atoms with Gasteiger partial charge in [0, 0.05) is 12.6 Å². The molecule has 0 aliphatic rings. The Kier molecular flexibility index (Phi) is 9.12. The van der Waals surface area contributed by atoms with Gasteiger partial charge < -0.3 is 10.1 Å². The van der Waals surface area contributed by atoms with Gasteiger partial charge in [0.2, 0.25) is 0 Å². The molecule has 1 N–H and O–H groups in total. The second-order valence-corrected chi connectivity index (χ2v) is 4.69. The second kappa shape index (κ2) is 9.17. The van der Waals surface area contributed by atoms with E-state index in [2.05, 4.69) is 39.9 Å². The van der Waals surface area contributed by atoms with Crippen LogP contribution in [0.4, 0.5) is 0 Å². The lowest BCUT2D eigenvalue weighted by atomic mass is 10.00. The van der Waals surface area contributed by atoms with Crippen LogP contribution in [-0.2, 0) is 4.74 Å². The van der Waals surface area contributed by atoms with Gasteiger partial charge in [-0.1, -0.05) is 20.8 Å². The van der Waals surface area contributed by atoms with Gasteiger partial charge in [0.15, 0.2) is 0 Å². The van der Waals surface area contributed by atoms with Crippen molar-refractivity contribution >= 4 is 0 Å². The van der Waals surface area contributed by atoms with Crippen LogP contribution in [0.5, 0.6) is 0 Å². The molecule has 2 heteroatoms. The summed E-state index contributed by atoms with van der Waals surface area (Å²) < 4.78 is 5.67. The Morgan fingerprint density at radius 2 is 1.73 bits per heavy atom. The highest BCUT2D eigenvalue weighted by Gasteiger charge is 2.16. The third-order valence-corrected chi connectivity index (χ3v) is 2.71. The molecule has 0 amide bonds. The highest BCUT2D eigenvalue weighted by atomic mass is 16.5. The summed E-state index contributed by atoms with van der Waals surface area (Å²) >= 11 is 0. The molecule has 0 rings (SSSR count). The SMILES string of the molecule is CCCNC(CCC(C)C)C(C)OCC. The summed E-state index contributed by atoms with van der Waals surface area (Å²) in [5.41, 5.74) is 0. The highest BCUT2D eigenvalue weighted by molar-refractivity contribution is 4.74. The first-order chi connectivity index (χ1) is 7.11. The van der Waals surface area contributed by atoms with Crippen LogP contribution in [0, 0.1) is 5.92 Å². The van der Waals surface area contributed by atoms with Gasteiger partial charge in [-0.15, -0.1) is 0 Å². The van der Waals surface area contributed by atoms with Gasteiger partial charge in [-0.2, -0.15) is 0 Å². The average Bonchev–Trinajstić information content (AvgIpc) is 2.17. The fourth-order valence-electron chi connectivity index (χ4n) is 1.72. The van der Waals surface area contributed by atoms with Gasteiger partial charge >= 0.3 is 0 Å². The Morgan fingerprint density at radius 1 is 1.07 bits per heavy atom. The number of ether oxygens (including phenoxy) is 1. The van der Waals surface area contributed by atoms with Crippen LogP contribution in [-0.4, -0.2) is 25.3 Å². The third-order valence-electron chi connectivity index (χ3n) is 2.71. The predicted octanol–water partition coefficient (Wildman–Crippen LogP) is 3.22. The van der Waals surface area contributed by atoms with Crippen molar-refractivity contribution < 1.29 is 4.74 Å². The molecule has 0 bridgehead atoms. The highest BCUT2D eigenvalue weighted by Crippen LogP contribution is 2.11. The van der Waals surface area contributed by atoms with E-state index in [1.807, 2.05) is 0 Å². The molecule has 0 aromatic heterocycles. The van der Waals surface area contributed by atoms with E-state index in [-0.39, 0.29) is 0 Å². The van der Waals surface area contributed by atoms with Crippen LogP contribution in [0.1, 0.15) is 53.9 Å². The van der Waals surface area contributed by atoms with E-state index < -0.39 is 0 Å². The minimum atomic E-state index is 0.334. The van der Waals surface area contributed by atoms with Gasteiger partial charge in [0.05, 0.1) is 6.10 Å². The van der Waals surface area contributed by atoms with E-state index in [9.17, 15) is 0 Å². The molecule has 2 nitrogen and oxygen atoms in total. The van der Waals surface area contributed by atoms with Crippen molar-refractivity contribution in [2.45, 2.75) is 66.0 Å². The van der Waals surface area contributed by atoms with Crippen LogP contribution in [0.2, 0.25) is 0 Å². The fourth-order valence-corrected chi connectivity index (χ4v) is 1.72. The summed E-state index contributed by atoms with van der Waals surface area (Å²) in [7, 11) is 0. The van der Waals surface area contributed by atoms with Crippen LogP contribution >= 0.6 is 0 Å². The van der Waals surface area contributed by atoms with Crippen LogP contribution in [0.15, 0.2) is 0 Å². The molecule has 0 aromatic rings. The fraction of sp³-hybridized carbons (Fsp3) is 1.00. The van der Waals surface area contributed by atoms with E-state index in [1.165, 1.54) is 19.3 Å². The average molecular weight is 215 g/mol. The maximum atomic E-state index is 5.67. The van der Waals surface area contributed by atoms with Crippen molar-refractivity contribution in [1.82, 2.24) is 5.32 Å². The molecule has 15 heavy (non-hydrogen) atoms. The molecule has 92 valence electrons. The Labute approximate surface area is 95.8 Å². The van der Waals surface area contributed by atoms with Crippen molar-refractivity contribution in [1.29, 1.82) is 0 Å². The molecular weight excluding hydrogens is 186 g/mol. The van der Waals surface area contributed by atoms with Gasteiger partial charge in [0.25, 0.3) is 0 Å². The zero-order chi connectivity index (χ0) is 11.7. The molecule has 0 aliphatic heterocycles. The van der Waals surface area contributed by atoms with Gasteiger partial charge in [-0.3, -0.25) is 0 Å². The molecule has 0 saturated carbocycles. The lowest BCUT2D eigenvalue weighted by molar-refractivity contribution is 0.0438. The van der Waals surface area contributed by atoms with Crippen LogP contribution in [0.3, 0.4) is 0 Å². The molecule has 2 unspecified atom stereocenters. The lowest BCUT2D eigenvalue weighted by Gasteiger charge is -2.25. The maximum Gasteiger partial charge on any atom is 0.0699 e. The third kappa shape index (κ3) is 7.80. The Balaban J connectivity index is 3.92. The standard InChI is InChI=1S/C13H29NO/c1-6-10-14-13(9-8-11(3)4)12(5)15-7-2/h11-14H,6-10H2,1-5H3. The first-order valence-corrected chi connectivity index (χ1v) is 6.46. The number of rotatable bonds is 9. The summed E-state index contributed by atoms with van der Waals surface area (Å²) in [4.78, 5) is 0. The molecule has 2 atom stereocenters. The molecular formula is C13H29NO. The lowest BCUT2D eigenvalue weighted by Crippen LogP contribution is -2.40. The monoisotopic (exact) mass is 215 g/mol. The maximum absolute atomic E-state index is 5.67. The molecule has 0 fully saturated rings. The van der Waals surface area contributed by atoms with Crippen molar-refractivity contribution in [3.63, 3.8) is 0 Å². The molecule has 0 heterocycles. The molecule has 0 radical (unpaired) electrons.